The van der Waals surface area contributed by atoms with Crippen molar-refractivity contribution in [2.75, 3.05) is 19.0 Å². The topological polar surface area (TPSA) is 93.5 Å². The van der Waals surface area contributed by atoms with Gasteiger partial charge in [0.2, 0.25) is 0 Å². The summed E-state index contributed by atoms with van der Waals surface area (Å²) in [5.41, 5.74) is -0.818. The first kappa shape index (κ1) is 16.3. The van der Waals surface area contributed by atoms with Crippen LogP contribution in [0.3, 0.4) is 0 Å². The van der Waals surface area contributed by atoms with E-state index in [1.165, 1.54) is 11.7 Å². The van der Waals surface area contributed by atoms with E-state index in [0.29, 0.717) is 5.69 Å². The molecular formula is C15H20ClN3O4. The highest BCUT2D eigenvalue weighted by molar-refractivity contribution is 6.30. The fraction of sp³-hybridized carbons (Fsp3) is 0.667. The number of anilines is 1. The van der Waals surface area contributed by atoms with Gasteiger partial charge in [-0.2, -0.15) is 0 Å². The standard InChI is InChI=1S/C15H20ClN3O4/c1-15(7-20)6-9(14(22)23-2)19-10(15)11(16)18-12(13(19)21)17-8-4-3-5-8/h8-9,20H,3-7H2,1-2H3,(H,17,18). The Kier molecular flexibility index (Phi) is 4.10. The number of halogens is 1. The number of hydrogen-bond donors (Lipinski definition) is 2. The van der Waals surface area contributed by atoms with Crippen molar-refractivity contribution in [3.63, 3.8) is 0 Å². The number of aliphatic hydroxyl groups is 1. The lowest BCUT2D eigenvalue weighted by molar-refractivity contribution is -0.144. The molecule has 3 rings (SSSR count). The van der Waals surface area contributed by atoms with E-state index in [1.54, 1.807) is 6.92 Å². The van der Waals surface area contributed by atoms with Gasteiger partial charge >= 0.3 is 5.97 Å². The lowest BCUT2D eigenvalue weighted by Crippen LogP contribution is -2.36. The largest absolute Gasteiger partial charge is 0.467 e. The second-order valence-corrected chi connectivity index (χ2v) is 6.87. The van der Waals surface area contributed by atoms with Crippen molar-refractivity contribution in [2.45, 2.75) is 50.1 Å². The van der Waals surface area contributed by atoms with Gasteiger partial charge in [-0.3, -0.25) is 9.36 Å². The molecule has 8 heteroatoms. The molecule has 1 aliphatic heterocycles. The van der Waals surface area contributed by atoms with Crippen LogP contribution >= 0.6 is 11.6 Å². The number of methoxy groups -OCH3 is 1. The van der Waals surface area contributed by atoms with Crippen LogP contribution in [-0.4, -0.2) is 40.4 Å². The number of carbonyl (C=O) groups is 1. The Bertz CT molecular complexity index is 701. The zero-order valence-electron chi connectivity index (χ0n) is 13.1. The molecule has 126 valence electrons. The quantitative estimate of drug-likeness (QED) is 0.800. The van der Waals surface area contributed by atoms with Crippen LogP contribution < -0.4 is 10.9 Å². The minimum absolute atomic E-state index is 0.134. The molecule has 0 saturated heterocycles. The number of aromatic nitrogens is 2. The van der Waals surface area contributed by atoms with Crippen LogP contribution in [-0.2, 0) is 14.9 Å². The number of ether oxygens (including phenoxy) is 1. The van der Waals surface area contributed by atoms with Crippen molar-refractivity contribution in [1.82, 2.24) is 9.55 Å². The summed E-state index contributed by atoms with van der Waals surface area (Å²) in [5, 5.41) is 13.0. The molecule has 2 N–H and O–H groups in total. The monoisotopic (exact) mass is 341 g/mol. The summed E-state index contributed by atoms with van der Waals surface area (Å²) in [6.45, 7) is 1.52. The van der Waals surface area contributed by atoms with E-state index in [9.17, 15) is 14.7 Å². The molecular weight excluding hydrogens is 322 g/mol. The first-order valence-electron chi connectivity index (χ1n) is 7.69. The second-order valence-electron chi connectivity index (χ2n) is 6.51. The molecule has 1 aromatic rings. The van der Waals surface area contributed by atoms with E-state index in [1.807, 2.05) is 0 Å². The SMILES string of the molecule is COC(=O)C1CC(C)(CO)c2c(Cl)nc(NC3CCC3)c(=O)n21. The predicted molar refractivity (Wildman–Crippen MR) is 84.9 cm³/mol. The highest BCUT2D eigenvalue weighted by Gasteiger charge is 2.47. The van der Waals surface area contributed by atoms with E-state index >= 15 is 0 Å². The minimum Gasteiger partial charge on any atom is -0.467 e. The maximum atomic E-state index is 12.8. The van der Waals surface area contributed by atoms with Gasteiger partial charge in [-0.15, -0.1) is 0 Å². The first-order chi connectivity index (χ1) is 10.9. The summed E-state index contributed by atoms with van der Waals surface area (Å²) >= 11 is 6.29. The number of nitrogens with zero attached hydrogens (tertiary/aromatic N) is 2. The van der Waals surface area contributed by atoms with E-state index in [-0.39, 0.29) is 30.0 Å². The van der Waals surface area contributed by atoms with E-state index in [2.05, 4.69) is 10.3 Å². The molecule has 0 amide bonds. The van der Waals surface area contributed by atoms with Crippen LogP contribution in [0.2, 0.25) is 5.15 Å². The highest BCUT2D eigenvalue weighted by atomic mass is 35.5. The average molecular weight is 342 g/mol. The van der Waals surface area contributed by atoms with Crippen LogP contribution in [0.25, 0.3) is 0 Å². The Morgan fingerprint density at radius 1 is 1.57 bits per heavy atom. The maximum Gasteiger partial charge on any atom is 0.329 e. The Labute approximate surface area is 138 Å². The normalized spacial score (nSPS) is 26.5. The van der Waals surface area contributed by atoms with Crippen molar-refractivity contribution in [3.8, 4) is 0 Å². The van der Waals surface area contributed by atoms with Gasteiger partial charge in [0.15, 0.2) is 11.0 Å². The molecule has 2 aliphatic rings. The number of esters is 1. The summed E-state index contributed by atoms with van der Waals surface area (Å²) in [6.07, 6.45) is 3.33. The number of fused-ring (bicyclic) bond motifs is 1. The molecule has 0 radical (unpaired) electrons. The zero-order valence-corrected chi connectivity index (χ0v) is 13.9. The van der Waals surface area contributed by atoms with Crippen LogP contribution in [0.15, 0.2) is 4.79 Å². The Morgan fingerprint density at radius 2 is 2.26 bits per heavy atom. The third kappa shape index (κ3) is 2.52. The van der Waals surface area contributed by atoms with Crippen molar-refractivity contribution < 1.29 is 14.6 Å². The number of hydrogen-bond acceptors (Lipinski definition) is 6. The smallest absolute Gasteiger partial charge is 0.329 e. The van der Waals surface area contributed by atoms with Gasteiger partial charge in [0, 0.05) is 11.5 Å². The molecule has 2 atom stereocenters. The zero-order chi connectivity index (χ0) is 16.8. The van der Waals surface area contributed by atoms with Gasteiger partial charge in [-0.25, -0.2) is 9.78 Å². The third-order valence-corrected chi connectivity index (χ3v) is 5.13. The van der Waals surface area contributed by atoms with Gasteiger partial charge in [0.05, 0.1) is 19.4 Å². The summed E-state index contributed by atoms with van der Waals surface area (Å²) in [5.74, 6) is -0.373. The summed E-state index contributed by atoms with van der Waals surface area (Å²) < 4.78 is 6.14. The predicted octanol–water partition coefficient (Wildman–Crippen LogP) is 1.23. The number of rotatable bonds is 4. The molecule has 0 bridgehead atoms. The summed E-state index contributed by atoms with van der Waals surface area (Å²) in [4.78, 5) is 29.1. The lowest BCUT2D eigenvalue weighted by atomic mass is 9.85. The van der Waals surface area contributed by atoms with E-state index in [4.69, 9.17) is 16.3 Å². The maximum absolute atomic E-state index is 12.8. The fourth-order valence-electron chi connectivity index (χ4n) is 3.27. The molecule has 2 unspecified atom stereocenters. The number of nitrogens with one attached hydrogen (secondary N) is 1. The highest BCUT2D eigenvalue weighted by Crippen LogP contribution is 2.43. The van der Waals surface area contributed by atoms with E-state index in [0.717, 1.165) is 19.3 Å². The summed E-state index contributed by atoms with van der Waals surface area (Å²) in [7, 11) is 1.28. The van der Waals surface area contributed by atoms with Crippen LogP contribution in [0.4, 0.5) is 5.82 Å². The lowest BCUT2D eigenvalue weighted by Gasteiger charge is -2.27. The third-order valence-electron chi connectivity index (χ3n) is 4.86. The van der Waals surface area contributed by atoms with Gasteiger partial charge in [-0.05, 0) is 25.7 Å². The first-order valence-corrected chi connectivity index (χ1v) is 8.07. The van der Waals surface area contributed by atoms with E-state index < -0.39 is 23.0 Å². The van der Waals surface area contributed by atoms with Gasteiger partial charge < -0.3 is 15.2 Å². The molecule has 0 spiro atoms. The Morgan fingerprint density at radius 3 is 2.78 bits per heavy atom. The van der Waals surface area contributed by atoms with Crippen molar-refractivity contribution >= 4 is 23.4 Å². The van der Waals surface area contributed by atoms with Crippen LogP contribution in [0, 0.1) is 0 Å². The van der Waals surface area contributed by atoms with Gasteiger partial charge in [0.1, 0.15) is 6.04 Å². The molecule has 23 heavy (non-hydrogen) atoms. The Hall–Kier alpha value is -1.60. The van der Waals surface area contributed by atoms with Gasteiger partial charge in [-0.1, -0.05) is 18.5 Å². The molecule has 7 nitrogen and oxygen atoms in total. The molecule has 1 aliphatic carbocycles. The molecule has 1 aromatic heterocycles. The molecule has 1 fully saturated rings. The Balaban J connectivity index is 2.13. The van der Waals surface area contributed by atoms with Gasteiger partial charge in [0.25, 0.3) is 5.56 Å². The fourth-order valence-corrected chi connectivity index (χ4v) is 3.67. The molecule has 1 saturated carbocycles. The molecule has 2 heterocycles. The number of aliphatic hydroxyl groups excluding tert-OH is 1. The van der Waals surface area contributed by atoms with Crippen LogP contribution in [0.5, 0.6) is 0 Å². The second kappa shape index (κ2) is 5.79. The van der Waals surface area contributed by atoms with Crippen LogP contribution in [0.1, 0.15) is 44.3 Å². The average Bonchev–Trinajstić information content (AvgIpc) is 2.82. The van der Waals surface area contributed by atoms with Crippen molar-refractivity contribution in [3.05, 3.63) is 21.2 Å². The molecule has 0 aromatic carbocycles. The van der Waals surface area contributed by atoms with Crippen molar-refractivity contribution in [2.24, 2.45) is 0 Å². The number of carbonyl (C=O) groups excluding carboxylic acids is 1. The van der Waals surface area contributed by atoms with Crippen molar-refractivity contribution in [1.29, 1.82) is 0 Å². The minimum atomic E-state index is -0.808. The summed E-state index contributed by atoms with van der Waals surface area (Å²) in [6, 6.07) is -0.589.